The third-order valence-electron chi connectivity index (χ3n) is 3.07. The molecule has 1 fully saturated rings. The minimum atomic E-state index is -4.55. The lowest BCUT2D eigenvalue weighted by molar-refractivity contribution is -0.325. The fraction of sp³-hybridized carbons (Fsp3) is 0.538. The van der Waals surface area contributed by atoms with Crippen molar-refractivity contribution in [3.63, 3.8) is 0 Å². The standard InChI is InChI=1S/C13H17F3N2O/c14-13(15,16)19-8-7-18(12-5-6-12)9-10-1-3-11(17)4-2-10/h1-4,12H,5-9,17H2. The molecule has 0 aromatic heterocycles. The molecule has 1 saturated carbocycles. The van der Waals surface area contributed by atoms with E-state index in [1.807, 2.05) is 17.0 Å². The fourth-order valence-electron chi connectivity index (χ4n) is 1.97. The first-order chi connectivity index (χ1) is 8.94. The molecule has 1 aromatic rings. The Bertz CT molecular complexity index is 401. The van der Waals surface area contributed by atoms with E-state index in [1.165, 1.54) is 0 Å². The van der Waals surface area contributed by atoms with Crippen molar-refractivity contribution >= 4 is 5.69 Å². The molecule has 1 aromatic carbocycles. The number of hydrogen-bond donors (Lipinski definition) is 1. The molecular formula is C13H17F3N2O. The number of rotatable bonds is 6. The third kappa shape index (κ3) is 5.08. The fourth-order valence-corrected chi connectivity index (χ4v) is 1.97. The number of nitrogens with zero attached hydrogens (tertiary/aromatic N) is 1. The highest BCUT2D eigenvalue weighted by Crippen LogP contribution is 2.28. The maximum atomic E-state index is 11.9. The summed E-state index contributed by atoms with van der Waals surface area (Å²) in [6.45, 7) is 0.593. The predicted octanol–water partition coefficient (Wildman–Crippen LogP) is 2.77. The van der Waals surface area contributed by atoms with Crippen molar-refractivity contribution in [2.24, 2.45) is 0 Å². The molecule has 0 unspecified atom stereocenters. The van der Waals surface area contributed by atoms with Gasteiger partial charge in [-0.2, -0.15) is 0 Å². The highest BCUT2D eigenvalue weighted by molar-refractivity contribution is 5.39. The van der Waals surface area contributed by atoms with E-state index in [0.717, 1.165) is 18.4 Å². The Morgan fingerprint density at radius 3 is 2.37 bits per heavy atom. The topological polar surface area (TPSA) is 38.5 Å². The van der Waals surface area contributed by atoms with E-state index in [1.54, 1.807) is 12.1 Å². The lowest BCUT2D eigenvalue weighted by Crippen LogP contribution is -2.31. The monoisotopic (exact) mass is 274 g/mol. The molecule has 19 heavy (non-hydrogen) atoms. The molecule has 0 heterocycles. The minimum Gasteiger partial charge on any atom is -0.399 e. The number of hydrogen-bond acceptors (Lipinski definition) is 3. The molecule has 0 amide bonds. The van der Waals surface area contributed by atoms with Crippen molar-refractivity contribution in [2.75, 3.05) is 18.9 Å². The Morgan fingerprint density at radius 1 is 1.21 bits per heavy atom. The van der Waals surface area contributed by atoms with Gasteiger partial charge in [-0.3, -0.25) is 9.64 Å². The molecule has 2 rings (SSSR count). The van der Waals surface area contributed by atoms with Crippen molar-refractivity contribution in [2.45, 2.75) is 31.8 Å². The summed E-state index contributed by atoms with van der Waals surface area (Å²) in [6.07, 6.45) is -2.46. The predicted molar refractivity (Wildman–Crippen MR) is 66.3 cm³/mol. The van der Waals surface area contributed by atoms with Crippen molar-refractivity contribution in [1.82, 2.24) is 4.90 Å². The summed E-state index contributed by atoms with van der Waals surface area (Å²) in [5, 5.41) is 0. The van der Waals surface area contributed by atoms with Crippen LogP contribution in [0, 0.1) is 0 Å². The van der Waals surface area contributed by atoms with Gasteiger partial charge in [-0.1, -0.05) is 12.1 Å². The van der Waals surface area contributed by atoms with E-state index >= 15 is 0 Å². The maximum absolute atomic E-state index is 11.9. The van der Waals surface area contributed by atoms with E-state index in [0.29, 0.717) is 18.3 Å². The summed E-state index contributed by atoms with van der Waals surface area (Å²) in [5.74, 6) is 0. The van der Waals surface area contributed by atoms with Crippen molar-refractivity contribution in [3.05, 3.63) is 29.8 Å². The largest absolute Gasteiger partial charge is 0.522 e. The van der Waals surface area contributed by atoms with Gasteiger partial charge < -0.3 is 5.73 Å². The average Bonchev–Trinajstić information content (AvgIpc) is 3.13. The van der Waals surface area contributed by atoms with Gasteiger partial charge in [0, 0.05) is 24.8 Å². The van der Waals surface area contributed by atoms with Crippen molar-refractivity contribution < 1.29 is 17.9 Å². The van der Waals surface area contributed by atoms with Gasteiger partial charge in [-0.25, -0.2) is 0 Å². The summed E-state index contributed by atoms with van der Waals surface area (Å²) >= 11 is 0. The Hall–Kier alpha value is -1.27. The van der Waals surface area contributed by atoms with Crippen molar-refractivity contribution in [1.29, 1.82) is 0 Å². The van der Waals surface area contributed by atoms with Gasteiger partial charge in [0.15, 0.2) is 0 Å². The summed E-state index contributed by atoms with van der Waals surface area (Å²) in [5.41, 5.74) is 7.33. The second kappa shape index (κ2) is 5.79. The second-order valence-corrected chi connectivity index (χ2v) is 4.74. The number of benzene rings is 1. The molecule has 106 valence electrons. The van der Waals surface area contributed by atoms with Crippen LogP contribution < -0.4 is 5.73 Å². The number of nitrogens with two attached hydrogens (primary N) is 1. The summed E-state index contributed by atoms with van der Waals surface area (Å²) in [7, 11) is 0. The van der Waals surface area contributed by atoms with E-state index in [2.05, 4.69) is 4.74 Å². The lowest BCUT2D eigenvalue weighted by Gasteiger charge is -2.22. The Kier molecular flexibility index (Phi) is 4.31. The summed E-state index contributed by atoms with van der Waals surface area (Å²) in [6, 6.07) is 7.78. The van der Waals surface area contributed by atoms with Gasteiger partial charge in [-0.15, -0.1) is 13.2 Å². The van der Waals surface area contributed by atoms with Crippen LogP contribution in [-0.2, 0) is 11.3 Å². The van der Waals surface area contributed by atoms with Gasteiger partial charge in [-0.05, 0) is 30.5 Å². The van der Waals surface area contributed by atoms with Crippen LogP contribution in [0.2, 0.25) is 0 Å². The van der Waals surface area contributed by atoms with Crippen LogP contribution in [0.4, 0.5) is 18.9 Å². The van der Waals surface area contributed by atoms with Gasteiger partial charge in [0.05, 0.1) is 6.61 Å². The first-order valence-corrected chi connectivity index (χ1v) is 6.23. The van der Waals surface area contributed by atoms with Crippen molar-refractivity contribution in [3.8, 4) is 0 Å². The number of anilines is 1. The molecule has 0 saturated heterocycles. The molecule has 0 atom stereocenters. The smallest absolute Gasteiger partial charge is 0.399 e. The molecular weight excluding hydrogens is 257 g/mol. The Morgan fingerprint density at radius 2 is 1.84 bits per heavy atom. The Balaban J connectivity index is 1.84. The zero-order valence-electron chi connectivity index (χ0n) is 10.5. The van der Waals surface area contributed by atoms with E-state index in [9.17, 15) is 13.2 Å². The van der Waals surface area contributed by atoms with E-state index in [-0.39, 0.29) is 13.2 Å². The van der Waals surface area contributed by atoms with Gasteiger partial charge in [0.25, 0.3) is 0 Å². The van der Waals surface area contributed by atoms with Gasteiger partial charge in [0.1, 0.15) is 0 Å². The van der Waals surface area contributed by atoms with Crippen LogP contribution in [0.5, 0.6) is 0 Å². The van der Waals surface area contributed by atoms with Gasteiger partial charge in [0.2, 0.25) is 0 Å². The zero-order valence-corrected chi connectivity index (χ0v) is 10.5. The second-order valence-electron chi connectivity index (χ2n) is 4.74. The zero-order chi connectivity index (χ0) is 13.9. The molecule has 3 nitrogen and oxygen atoms in total. The molecule has 1 aliphatic rings. The van der Waals surface area contributed by atoms with Gasteiger partial charge >= 0.3 is 6.36 Å². The molecule has 6 heteroatoms. The highest BCUT2D eigenvalue weighted by atomic mass is 19.4. The molecule has 0 aliphatic heterocycles. The van der Waals surface area contributed by atoms with E-state index < -0.39 is 6.36 Å². The molecule has 0 radical (unpaired) electrons. The van der Waals surface area contributed by atoms with Crippen LogP contribution in [0.15, 0.2) is 24.3 Å². The molecule has 2 N–H and O–H groups in total. The van der Waals surface area contributed by atoms with E-state index in [4.69, 9.17) is 5.73 Å². The van der Waals surface area contributed by atoms with Crippen LogP contribution in [0.25, 0.3) is 0 Å². The number of halogens is 3. The number of nitrogen functional groups attached to an aromatic ring is 1. The summed E-state index contributed by atoms with van der Waals surface area (Å²) in [4.78, 5) is 2.03. The van der Waals surface area contributed by atoms with Crippen LogP contribution in [-0.4, -0.2) is 30.5 Å². The van der Waals surface area contributed by atoms with Crippen LogP contribution in [0.3, 0.4) is 0 Å². The first kappa shape index (κ1) is 14.1. The Labute approximate surface area is 110 Å². The third-order valence-corrected chi connectivity index (χ3v) is 3.07. The maximum Gasteiger partial charge on any atom is 0.522 e. The highest BCUT2D eigenvalue weighted by Gasteiger charge is 2.32. The minimum absolute atomic E-state index is 0.286. The first-order valence-electron chi connectivity index (χ1n) is 6.23. The SMILES string of the molecule is Nc1ccc(CN(CCOC(F)(F)F)C2CC2)cc1. The quantitative estimate of drug-likeness (QED) is 0.811. The molecule has 1 aliphatic carbocycles. The average molecular weight is 274 g/mol. The van der Waals surface area contributed by atoms with Crippen LogP contribution >= 0.6 is 0 Å². The number of alkyl halides is 3. The normalized spacial score (nSPS) is 16.0. The molecule has 0 spiro atoms. The van der Waals surface area contributed by atoms with Crippen LogP contribution in [0.1, 0.15) is 18.4 Å². The number of ether oxygens (including phenoxy) is 1. The summed E-state index contributed by atoms with van der Waals surface area (Å²) < 4.78 is 39.7. The lowest BCUT2D eigenvalue weighted by atomic mass is 10.2. The molecule has 0 bridgehead atoms.